The lowest BCUT2D eigenvalue weighted by molar-refractivity contribution is -0.682. The predicted molar refractivity (Wildman–Crippen MR) is 101 cm³/mol. The zero-order chi connectivity index (χ0) is 19.2. The maximum Gasteiger partial charge on any atom is 0.387 e. The van der Waals surface area contributed by atoms with Crippen LogP contribution in [0.25, 0.3) is 10.8 Å². The minimum Gasteiger partial charge on any atom is -0.435 e. The second kappa shape index (κ2) is 8.60. The van der Waals surface area contributed by atoms with Gasteiger partial charge < -0.3 is 15.4 Å². The number of quaternary nitrogens is 1. The zero-order valence-electron chi connectivity index (χ0n) is 14.9. The molecule has 0 heterocycles. The molecule has 140 valence electrons. The molecule has 27 heavy (non-hydrogen) atoms. The fourth-order valence-electron chi connectivity index (χ4n) is 2.99. The maximum atomic E-state index is 12.2. The Morgan fingerprint density at radius 3 is 2.48 bits per heavy atom. The molecule has 0 spiro atoms. The molecule has 1 atom stereocenters. The fourth-order valence-corrected chi connectivity index (χ4v) is 2.99. The van der Waals surface area contributed by atoms with Gasteiger partial charge in [0.2, 0.25) is 0 Å². The average Bonchev–Trinajstić information content (AvgIpc) is 2.67. The standard InChI is InChI=1S/C21H20F2N2O2/c1-14(18-8-4-6-15-5-2-3-7-19(15)18)24-13-20(26)25-16-9-11-17(12-10-16)27-21(22)23/h2-12,14,21,24H,13H2,1H3,(H,25,26)/p+1/t14-/m1/s1. The first-order valence-electron chi connectivity index (χ1n) is 8.68. The molecule has 0 radical (unpaired) electrons. The number of hydrogen-bond acceptors (Lipinski definition) is 2. The second-order valence-electron chi connectivity index (χ2n) is 6.25. The first-order chi connectivity index (χ1) is 13.0. The molecule has 0 aliphatic carbocycles. The summed E-state index contributed by atoms with van der Waals surface area (Å²) in [4.78, 5) is 12.2. The van der Waals surface area contributed by atoms with Gasteiger partial charge in [-0.25, -0.2) is 0 Å². The van der Waals surface area contributed by atoms with Crippen molar-refractivity contribution in [3.05, 3.63) is 72.3 Å². The van der Waals surface area contributed by atoms with Gasteiger partial charge in [0.05, 0.1) is 0 Å². The number of halogens is 2. The van der Waals surface area contributed by atoms with E-state index >= 15 is 0 Å². The summed E-state index contributed by atoms with van der Waals surface area (Å²) < 4.78 is 28.6. The van der Waals surface area contributed by atoms with E-state index in [-0.39, 0.29) is 24.2 Å². The second-order valence-corrected chi connectivity index (χ2v) is 6.25. The molecule has 4 nitrogen and oxygen atoms in total. The van der Waals surface area contributed by atoms with Crippen LogP contribution in [0.3, 0.4) is 0 Å². The van der Waals surface area contributed by atoms with Crippen molar-refractivity contribution in [1.82, 2.24) is 0 Å². The number of hydrogen-bond donors (Lipinski definition) is 2. The Kier molecular flexibility index (Phi) is 5.98. The van der Waals surface area contributed by atoms with Crippen LogP contribution in [0.1, 0.15) is 18.5 Å². The number of nitrogens with one attached hydrogen (secondary N) is 1. The molecule has 0 aliphatic rings. The Labute approximate surface area is 156 Å². The van der Waals surface area contributed by atoms with E-state index in [0.29, 0.717) is 5.69 Å². The van der Waals surface area contributed by atoms with Gasteiger partial charge in [-0.2, -0.15) is 8.78 Å². The highest BCUT2D eigenvalue weighted by Crippen LogP contribution is 2.22. The molecule has 3 aromatic rings. The lowest BCUT2D eigenvalue weighted by atomic mass is 10.00. The lowest BCUT2D eigenvalue weighted by Crippen LogP contribution is -2.86. The first-order valence-corrected chi connectivity index (χ1v) is 8.68. The Morgan fingerprint density at radius 1 is 1.04 bits per heavy atom. The quantitative estimate of drug-likeness (QED) is 0.665. The van der Waals surface area contributed by atoms with Gasteiger partial charge in [0.15, 0.2) is 6.54 Å². The summed E-state index contributed by atoms with van der Waals surface area (Å²) in [5, 5.41) is 7.07. The Morgan fingerprint density at radius 2 is 1.74 bits per heavy atom. The number of alkyl halides is 2. The number of anilines is 1. The summed E-state index contributed by atoms with van der Waals surface area (Å²) in [5.41, 5.74) is 1.71. The van der Waals surface area contributed by atoms with Crippen LogP contribution in [-0.2, 0) is 4.79 Å². The number of rotatable bonds is 7. The van der Waals surface area contributed by atoms with E-state index in [0.717, 1.165) is 0 Å². The van der Waals surface area contributed by atoms with E-state index in [9.17, 15) is 13.6 Å². The molecular weight excluding hydrogens is 350 g/mol. The SMILES string of the molecule is C[C@@H]([NH2+]CC(=O)Nc1ccc(OC(F)F)cc1)c1cccc2ccccc12. The van der Waals surface area contributed by atoms with E-state index < -0.39 is 6.61 Å². The van der Waals surface area contributed by atoms with Crippen LogP contribution < -0.4 is 15.4 Å². The number of fused-ring (bicyclic) bond motifs is 1. The van der Waals surface area contributed by atoms with Crippen molar-refractivity contribution < 1.29 is 23.6 Å². The lowest BCUT2D eigenvalue weighted by Gasteiger charge is -2.14. The monoisotopic (exact) mass is 371 g/mol. The van der Waals surface area contributed by atoms with Gasteiger partial charge in [0.1, 0.15) is 11.8 Å². The number of amides is 1. The minimum absolute atomic E-state index is 0.0548. The molecule has 3 N–H and O–H groups in total. The van der Waals surface area contributed by atoms with Crippen molar-refractivity contribution in [2.45, 2.75) is 19.6 Å². The minimum atomic E-state index is -2.87. The van der Waals surface area contributed by atoms with Crippen LogP contribution >= 0.6 is 0 Å². The van der Waals surface area contributed by atoms with Gasteiger partial charge >= 0.3 is 6.61 Å². The summed E-state index contributed by atoms with van der Waals surface area (Å²) in [7, 11) is 0. The van der Waals surface area contributed by atoms with Crippen LogP contribution in [0.2, 0.25) is 0 Å². The van der Waals surface area contributed by atoms with Crippen LogP contribution in [-0.4, -0.2) is 19.1 Å². The van der Waals surface area contributed by atoms with Gasteiger partial charge in [0, 0.05) is 11.3 Å². The van der Waals surface area contributed by atoms with Crippen LogP contribution in [0.5, 0.6) is 5.75 Å². The highest BCUT2D eigenvalue weighted by atomic mass is 19.3. The Balaban J connectivity index is 1.57. The van der Waals surface area contributed by atoms with E-state index in [1.54, 1.807) is 0 Å². The third kappa shape index (κ3) is 5.01. The van der Waals surface area contributed by atoms with Crippen molar-refractivity contribution >= 4 is 22.4 Å². The maximum absolute atomic E-state index is 12.2. The summed E-state index contributed by atoms with van der Waals surface area (Å²) in [6.45, 7) is -0.554. The third-order valence-electron chi connectivity index (χ3n) is 4.33. The van der Waals surface area contributed by atoms with E-state index in [4.69, 9.17) is 0 Å². The normalized spacial score (nSPS) is 12.1. The van der Waals surface area contributed by atoms with Crippen LogP contribution in [0.15, 0.2) is 66.7 Å². The number of benzene rings is 3. The van der Waals surface area contributed by atoms with Crippen LogP contribution in [0, 0.1) is 0 Å². The molecule has 0 aromatic heterocycles. The van der Waals surface area contributed by atoms with Gasteiger partial charge in [-0.05, 0) is 42.0 Å². The highest BCUT2D eigenvalue weighted by molar-refractivity contribution is 5.91. The molecule has 3 rings (SSSR count). The van der Waals surface area contributed by atoms with E-state index in [1.807, 2.05) is 23.5 Å². The topological polar surface area (TPSA) is 54.9 Å². The van der Waals surface area contributed by atoms with Gasteiger partial charge in [-0.3, -0.25) is 4.79 Å². The summed E-state index contributed by atoms with van der Waals surface area (Å²) in [5.74, 6) is -0.108. The van der Waals surface area contributed by atoms with Gasteiger partial charge in [-0.15, -0.1) is 0 Å². The molecule has 0 fully saturated rings. The first kappa shape index (κ1) is 18.8. The molecule has 3 aromatic carbocycles. The van der Waals surface area contributed by atoms with Crippen molar-refractivity contribution in [2.75, 3.05) is 11.9 Å². The number of nitrogens with two attached hydrogens (primary N) is 1. The molecule has 0 unspecified atom stereocenters. The van der Waals surface area contributed by atoms with Gasteiger partial charge in [-0.1, -0.05) is 42.5 Å². The van der Waals surface area contributed by atoms with Gasteiger partial charge in [0.25, 0.3) is 5.91 Å². The van der Waals surface area contributed by atoms with Crippen LogP contribution in [0.4, 0.5) is 14.5 Å². The van der Waals surface area contributed by atoms with Crippen molar-refractivity contribution in [1.29, 1.82) is 0 Å². The largest absolute Gasteiger partial charge is 0.435 e. The smallest absolute Gasteiger partial charge is 0.387 e. The molecule has 0 saturated heterocycles. The fraction of sp³-hybridized carbons (Fsp3) is 0.190. The summed E-state index contributed by atoms with van der Waals surface area (Å²) in [6.07, 6.45) is 0. The molecule has 6 heteroatoms. The Hall–Kier alpha value is -2.99. The molecule has 0 bridgehead atoms. The molecule has 0 saturated carbocycles. The highest BCUT2D eigenvalue weighted by Gasteiger charge is 2.14. The molecule has 0 aliphatic heterocycles. The zero-order valence-corrected chi connectivity index (χ0v) is 14.9. The van der Waals surface area contributed by atoms with Crippen molar-refractivity contribution in [3.8, 4) is 5.75 Å². The third-order valence-corrected chi connectivity index (χ3v) is 4.33. The van der Waals surface area contributed by atoms with E-state index in [1.165, 1.54) is 40.6 Å². The predicted octanol–water partition coefficient (Wildman–Crippen LogP) is 3.70. The van der Waals surface area contributed by atoms with Crippen molar-refractivity contribution in [3.63, 3.8) is 0 Å². The summed E-state index contributed by atoms with van der Waals surface area (Å²) >= 11 is 0. The number of ether oxygens (including phenoxy) is 1. The number of carbonyl (C=O) groups excluding carboxylic acids is 1. The molecule has 1 amide bonds. The summed E-state index contributed by atoms with van der Waals surface area (Å²) in [6, 6.07) is 20.3. The average molecular weight is 371 g/mol. The van der Waals surface area contributed by atoms with Crippen molar-refractivity contribution in [2.24, 2.45) is 0 Å². The van der Waals surface area contributed by atoms with E-state index in [2.05, 4.69) is 41.2 Å². The number of carbonyl (C=O) groups is 1. The Bertz CT molecular complexity index is 908. The molecular formula is C21H21F2N2O2+.